The average molecular weight is 355 g/mol. The fourth-order valence-electron chi connectivity index (χ4n) is 2.14. The van der Waals surface area contributed by atoms with Crippen molar-refractivity contribution in [2.45, 2.75) is 80.5 Å². The van der Waals surface area contributed by atoms with E-state index >= 15 is 0 Å². The zero-order valence-corrected chi connectivity index (χ0v) is 16.3. The molecule has 1 heteroatoms. The molecule has 0 aromatic heterocycles. The maximum absolute atomic E-state index is 3.50. The van der Waals surface area contributed by atoms with Crippen molar-refractivity contribution in [3.63, 3.8) is 0 Å². The van der Waals surface area contributed by atoms with E-state index in [1.807, 2.05) is 0 Å². The Hall–Kier alpha value is 0.0987. The van der Waals surface area contributed by atoms with Gasteiger partial charge < -0.3 is 0 Å². The molecule has 0 aliphatic rings. The fourth-order valence-corrected chi connectivity index (χ4v) is 8.06. The Bertz CT molecular complexity index is 307. The second kappa shape index (κ2) is 9.95. The molecule has 0 atom stereocenters. The Morgan fingerprint density at radius 1 is 0.944 bits per heavy atom. The standard InChI is InChI=1S/C14H23.3CH3.Sn/c1-4-7-9-11-13-14(6-3)12-10-8-5-2;;;;/h4-10H2,1-3H3;3*1H3;. The van der Waals surface area contributed by atoms with Crippen molar-refractivity contribution in [1.29, 1.82) is 0 Å². The second-order valence-electron chi connectivity index (χ2n) is 6.07. The molecule has 0 amide bonds. The van der Waals surface area contributed by atoms with Crippen molar-refractivity contribution >= 4 is 18.4 Å². The molecule has 104 valence electrons. The van der Waals surface area contributed by atoms with Gasteiger partial charge in [-0.15, -0.1) is 0 Å². The van der Waals surface area contributed by atoms with Crippen LogP contribution < -0.4 is 0 Å². The predicted molar refractivity (Wildman–Crippen MR) is 87.5 cm³/mol. The van der Waals surface area contributed by atoms with E-state index in [9.17, 15) is 0 Å². The van der Waals surface area contributed by atoms with Gasteiger partial charge in [-0.25, -0.2) is 0 Å². The average Bonchev–Trinajstić information content (AvgIpc) is 2.30. The molecule has 0 unspecified atom stereocenters. The van der Waals surface area contributed by atoms with E-state index in [1.54, 1.807) is 3.59 Å². The van der Waals surface area contributed by atoms with Crippen LogP contribution in [-0.4, -0.2) is 18.4 Å². The Morgan fingerprint density at radius 3 is 2.00 bits per heavy atom. The molecule has 0 aliphatic carbocycles. The van der Waals surface area contributed by atoms with Gasteiger partial charge in [-0.2, -0.15) is 0 Å². The van der Waals surface area contributed by atoms with Gasteiger partial charge in [0, 0.05) is 0 Å². The summed E-state index contributed by atoms with van der Waals surface area (Å²) in [5.41, 5.74) is 1.49. The summed E-state index contributed by atoms with van der Waals surface area (Å²) in [4.78, 5) is 7.59. The van der Waals surface area contributed by atoms with Gasteiger partial charge >= 0.3 is 120 Å². The molecular weight excluding hydrogens is 323 g/mol. The van der Waals surface area contributed by atoms with Crippen LogP contribution in [0.4, 0.5) is 0 Å². The molecule has 0 rings (SSSR count). The van der Waals surface area contributed by atoms with Gasteiger partial charge in [-0.05, 0) is 0 Å². The zero-order valence-electron chi connectivity index (χ0n) is 13.4. The van der Waals surface area contributed by atoms with E-state index < -0.39 is 18.4 Å². The van der Waals surface area contributed by atoms with Crippen molar-refractivity contribution in [3.05, 3.63) is 9.16 Å². The van der Waals surface area contributed by atoms with Crippen molar-refractivity contribution in [2.75, 3.05) is 0 Å². The van der Waals surface area contributed by atoms with Crippen molar-refractivity contribution in [3.8, 4) is 11.8 Å². The SMILES string of the molecule is CCCCC#C/C(CC)=[C](/CCCC)[Sn]([CH3])([CH3])[CH3]. The van der Waals surface area contributed by atoms with E-state index in [-0.39, 0.29) is 0 Å². The summed E-state index contributed by atoms with van der Waals surface area (Å²) in [6.45, 7) is 6.79. The molecule has 0 aromatic rings. The van der Waals surface area contributed by atoms with Gasteiger partial charge in [0.05, 0.1) is 0 Å². The van der Waals surface area contributed by atoms with Gasteiger partial charge in [0.15, 0.2) is 0 Å². The van der Waals surface area contributed by atoms with Gasteiger partial charge in [-0.1, -0.05) is 0 Å². The molecule has 0 aromatic carbocycles. The molecule has 0 heterocycles. The Morgan fingerprint density at radius 2 is 1.56 bits per heavy atom. The number of rotatable bonds is 7. The molecule has 0 aliphatic heterocycles. The first-order chi connectivity index (χ1) is 8.47. The molecular formula is C17H32Sn. The van der Waals surface area contributed by atoms with Crippen LogP contribution in [0.15, 0.2) is 9.16 Å². The van der Waals surface area contributed by atoms with E-state index in [0.717, 1.165) is 12.8 Å². The molecule has 0 spiro atoms. The van der Waals surface area contributed by atoms with E-state index in [4.69, 9.17) is 0 Å². The first kappa shape index (κ1) is 18.1. The third kappa shape index (κ3) is 7.52. The Kier molecular flexibility index (Phi) is 10.0. The molecule has 0 saturated carbocycles. The first-order valence-electron chi connectivity index (χ1n) is 7.68. The van der Waals surface area contributed by atoms with Crippen LogP contribution in [0.25, 0.3) is 0 Å². The van der Waals surface area contributed by atoms with E-state index in [0.29, 0.717) is 0 Å². The number of unbranched alkanes of at least 4 members (excludes halogenated alkanes) is 3. The number of hydrogen-bond acceptors (Lipinski definition) is 0. The first-order valence-corrected chi connectivity index (χ1v) is 17.7. The summed E-state index contributed by atoms with van der Waals surface area (Å²) in [5, 5.41) is 0. The van der Waals surface area contributed by atoms with Gasteiger partial charge in [0.1, 0.15) is 0 Å². The van der Waals surface area contributed by atoms with Crippen LogP contribution in [0.5, 0.6) is 0 Å². The minimum absolute atomic E-state index is 1.07. The van der Waals surface area contributed by atoms with Crippen LogP contribution >= 0.6 is 0 Å². The van der Waals surface area contributed by atoms with Crippen molar-refractivity contribution < 1.29 is 0 Å². The quantitative estimate of drug-likeness (QED) is 0.301. The van der Waals surface area contributed by atoms with Crippen LogP contribution in [0.2, 0.25) is 14.8 Å². The van der Waals surface area contributed by atoms with Crippen LogP contribution in [-0.2, 0) is 0 Å². The Labute approximate surface area is 120 Å². The summed E-state index contributed by atoms with van der Waals surface area (Å²) >= 11 is -1.95. The summed E-state index contributed by atoms with van der Waals surface area (Å²) in [5.74, 6) is 6.89. The van der Waals surface area contributed by atoms with E-state index in [1.165, 1.54) is 37.7 Å². The van der Waals surface area contributed by atoms with E-state index in [2.05, 4.69) is 47.4 Å². The molecule has 0 fully saturated rings. The van der Waals surface area contributed by atoms with Gasteiger partial charge in [0.25, 0.3) is 0 Å². The monoisotopic (exact) mass is 356 g/mol. The third-order valence-corrected chi connectivity index (χ3v) is 10.0. The summed E-state index contributed by atoms with van der Waals surface area (Å²) in [7, 11) is 0. The van der Waals surface area contributed by atoms with Crippen molar-refractivity contribution in [2.24, 2.45) is 0 Å². The molecule has 18 heavy (non-hydrogen) atoms. The zero-order chi connectivity index (χ0) is 14.0. The molecule has 0 saturated heterocycles. The Balaban J connectivity index is 5.01. The third-order valence-electron chi connectivity index (χ3n) is 3.30. The predicted octanol–water partition coefficient (Wildman–Crippen LogP) is 5.95. The van der Waals surface area contributed by atoms with Gasteiger partial charge in [0.2, 0.25) is 0 Å². The number of hydrogen-bond donors (Lipinski definition) is 0. The minimum atomic E-state index is -1.95. The number of allylic oxidation sites excluding steroid dienone is 2. The maximum atomic E-state index is 3.50. The van der Waals surface area contributed by atoms with Gasteiger partial charge in [-0.3, -0.25) is 0 Å². The van der Waals surface area contributed by atoms with Crippen molar-refractivity contribution in [1.82, 2.24) is 0 Å². The summed E-state index contributed by atoms with van der Waals surface area (Å²) < 4.78 is 1.79. The molecule has 0 N–H and O–H groups in total. The summed E-state index contributed by atoms with van der Waals surface area (Å²) in [6, 6.07) is 0. The molecule has 0 bridgehead atoms. The normalized spacial score (nSPS) is 12.8. The topological polar surface area (TPSA) is 0 Å². The van der Waals surface area contributed by atoms with Crippen LogP contribution in [0, 0.1) is 11.8 Å². The second-order valence-corrected chi connectivity index (χ2v) is 20.6. The van der Waals surface area contributed by atoms with Crippen LogP contribution in [0.3, 0.4) is 0 Å². The summed E-state index contributed by atoms with van der Waals surface area (Å²) in [6.07, 6.45) is 8.64. The molecule has 0 nitrogen and oxygen atoms in total. The molecule has 0 radical (unpaired) electrons. The van der Waals surface area contributed by atoms with Crippen LogP contribution in [0.1, 0.15) is 65.7 Å². The fraction of sp³-hybridized carbons (Fsp3) is 0.765.